The van der Waals surface area contributed by atoms with Gasteiger partial charge in [-0.05, 0) is 32.0 Å². The molecule has 0 radical (unpaired) electrons. The maximum Gasteiger partial charge on any atom is 0.310 e. The van der Waals surface area contributed by atoms with Gasteiger partial charge in [0.25, 0.3) is 11.9 Å². The highest BCUT2D eigenvalue weighted by Gasteiger charge is 2.56. The normalized spacial score (nSPS) is 19.3. The molecule has 8 nitrogen and oxygen atoms in total. The molecular weight excluding hydrogens is 415 g/mol. The van der Waals surface area contributed by atoms with Gasteiger partial charge in [0.1, 0.15) is 11.5 Å². The third-order valence-electron chi connectivity index (χ3n) is 4.53. The van der Waals surface area contributed by atoms with Gasteiger partial charge >= 0.3 is 5.92 Å². The third-order valence-corrected chi connectivity index (χ3v) is 4.53. The minimum absolute atomic E-state index is 0.0547. The Morgan fingerprint density at radius 2 is 2.13 bits per heavy atom. The molecule has 1 atom stereocenters. The van der Waals surface area contributed by atoms with E-state index in [4.69, 9.17) is 10.5 Å². The van der Waals surface area contributed by atoms with Crippen molar-refractivity contribution in [3.63, 3.8) is 0 Å². The average Bonchev–Trinajstić information content (AvgIpc) is 2.73. The van der Waals surface area contributed by atoms with E-state index in [9.17, 15) is 18.0 Å². The van der Waals surface area contributed by atoms with Crippen molar-refractivity contribution in [2.75, 3.05) is 18.5 Å². The highest BCUT2D eigenvalue weighted by molar-refractivity contribution is 6.02. The first-order valence-electron chi connectivity index (χ1n) is 8.98. The molecule has 1 aliphatic heterocycles. The summed E-state index contributed by atoms with van der Waals surface area (Å²) in [6.45, 7) is 1.77. The molecule has 0 spiro atoms. The van der Waals surface area contributed by atoms with E-state index in [1.165, 1.54) is 18.5 Å². The molecule has 162 valence electrons. The van der Waals surface area contributed by atoms with Gasteiger partial charge in [0.05, 0.1) is 12.4 Å². The predicted octanol–water partition coefficient (Wildman–Crippen LogP) is 2.47. The molecule has 0 aliphatic carbocycles. The molecule has 1 amide bonds. The van der Waals surface area contributed by atoms with Crippen molar-refractivity contribution in [1.82, 2.24) is 9.97 Å². The van der Waals surface area contributed by atoms with Crippen molar-refractivity contribution < 1.29 is 27.4 Å². The second-order valence-corrected chi connectivity index (χ2v) is 6.62. The SMILES string of the molecule is CC#CCOc1cnc(C(=O)Nc2ccc(F)c([C@@]3(C)N=C(N)OCC3(F)F)c2)cn1. The number of ether oxygens (including phenoxy) is 2. The van der Waals surface area contributed by atoms with Crippen LogP contribution in [0, 0.1) is 17.7 Å². The number of alkyl halides is 2. The van der Waals surface area contributed by atoms with Crippen LogP contribution in [-0.4, -0.2) is 41.0 Å². The van der Waals surface area contributed by atoms with Crippen LogP contribution in [-0.2, 0) is 10.3 Å². The van der Waals surface area contributed by atoms with E-state index in [2.05, 4.69) is 36.9 Å². The van der Waals surface area contributed by atoms with Crippen molar-refractivity contribution in [3.05, 3.63) is 47.7 Å². The molecule has 11 heteroatoms. The number of rotatable bonds is 5. The highest BCUT2D eigenvalue weighted by Crippen LogP contribution is 2.44. The number of nitrogens with two attached hydrogens (primary N) is 1. The standard InChI is InChI=1S/C20H18F3N5O3/c1-3-4-7-30-16-10-25-15(9-26-16)17(29)27-12-5-6-14(21)13(8-12)19(2)20(22,23)11-31-18(24)28-19/h5-6,8-10H,7,11H2,1-2H3,(H2,24,28)(H,27,29)/t19-/m1/s1. The number of amidine groups is 1. The number of aromatic nitrogens is 2. The van der Waals surface area contributed by atoms with Crippen LogP contribution in [0.2, 0.25) is 0 Å². The fourth-order valence-corrected chi connectivity index (χ4v) is 2.76. The number of hydrogen-bond acceptors (Lipinski definition) is 7. The van der Waals surface area contributed by atoms with Crippen LogP contribution in [0.25, 0.3) is 0 Å². The number of amides is 1. The number of halogens is 3. The monoisotopic (exact) mass is 433 g/mol. The van der Waals surface area contributed by atoms with Gasteiger partial charge in [-0.1, -0.05) is 5.92 Å². The summed E-state index contributed by atoms with van der Waals surface area (Å²) in [6.07, 6.45) is 2.41. The van der Waals surface area contributed by atoms with E-state index in [0.717, 1.165) is 19.1 Å². The number of aliphatic imine (C=N–C) groups is 1. The number of carbonyl (C=O) groups excluding carboxylic acids is 1. The zero-order valence-electron chi connectivity index (χ0n) is 16.6. The molecule has 2 aromatic rings. The van der Waals surface area contributed by atoms with E-state index in [1.54, 1.807) is 6.92 Å². The maximum atomic E-state index is 14.5. The lowest BCUT2D eigenvalue weighted by Gasteiger charge is -2.37. The number of benzene rings is 1. The Morgan fingerprint density at radius 3 is 2.81 bits per heavy atom. The zero-order chi connectivity index (χ0) is 22.6. The quantitative estimate of drug-likeness (QED) is 0.701. The molecule has 1 aliphatic rings. The zero-order valence-corrected chi connectivity index (χ0v) is 16.6. The van der Waals surface area contributed by atoms with Crippen LogP contribution in [0.5, 0.6) is 5.88 Å². The molecular formula is C20H18F3N5O3. The minimum atomic E-state index is -3.54. The van der Waals surface area contributed by atoms with Crippen molar-refractivity contribution in [2.24, 2.45) is 10.7 Å². The summed E-state index contributed by atoms with van der Waals surface area (Å²) in [5.74, 6) is 0.358. The molecule has 0 saturated carbocycles. The molecule has 31 heavy (non-hydrogen) atoms. The first kappa shape index (κ1) is 21.9. The molecule has 3 N–H and O–H groups in total. The summed E-state index contributed by atoms with van der Waals surface area (Å²) in [5.41, 5.74) is 2.65. The van der Waals surface area contributed by atoms with Crippen LogP contribution in [0.15, 0.2) is 35.6 Å². The van der Waals surface area contributed by atoms with Crippen molar-refractivity contribution in [1.29, 1.82) is 0 Å². The summed E-state index contributed by atoms with van der Waals surface area (Å²) in [6, 6.07) is 2.76. The van der Waals surface area contributed by atoms with Gasteiger partial charge in [-0.3, -0.25) is 4.79 Å². The number of nitrogens with one attached hydrogen (secondary N) is 1. The van der Waals surface area contributed by atoms with E-state index in [1.807, 2.05) is 0 Å². The van der Waals surface area contributed by atoms with Gasteiger partial charge in [-0.25, -0.2) is 19.4 Å². The van der Waals surface area contributed by atoms with Gasteiger partial charge < -0.3 is 20.5 Å². The Hall–Kier alpha value is -3.81. The third kappa shape index (κ3) is 4.53. The molecule has 2 heterocycles. The fourth-order valence-electron chi connectivity index (χ4n) is 2.76. The smallest absolute Gasteiger partial charge is 0.310 e. The Kier molecular flexibility index (Phi) is 6.01. The first-order valence-corrected chi connectivity index (χ1v) is 8.98. The van der Waals surface area contributed by atoms with Crippen LogP contribution < -0.4 is 15.8 Å². The predicted molar refractivity (Wildman–Crippen MR) is 105 cm³/mol. The van der Waals surface area contributed by atoms with Crippen molar-refractivity contribution >= 4 is 17.6 Å². The minimum Gasteiger partial charge on any atom is -0.463 e. The second kappa shape index (κ2) is 8.51. The molecule has 1 aromatic heterocycles. The molecule has 0 bridgehead atoms. The number of nitrogens with zero attached hydrogens (tertiary/aromatic N) is 3. The highest BCUT2D eigenvalue weighted by atomic mass is 19.3. The Balaban J connectivity index is 1.83. The summed E-state index contributed by atoms with van der Waals surface area (Å²) in [4.78, 5) is 23.9. The van der Waals surface area contributed by atoms with Crippen LogP contribution in [0.1, 0.15) is 29.9 Å². The van der Waals surface area contributed by atoms with E-state index in [0.29, 0.717) is 0 Å². The maximum absolute atomic E-state index is 14.5. The Labute approximate surface area is 175 Å². The van der Waals surface area contributed by atoms with Gasteiger partial charge in [0.2, 0.25) is 5.88 Å². The van der Waals surface area contributed by atoms with Gasteiger partial charge in [-0.15, -0.1) is 5.92 Å². The molecule has 0 fully saturated rings. The van der Waals surface area contributed by atoms with Crippen molar-refractivity contribution in [2.45, 2.75) is 25.3 Å². The number of hydrogen-bond donors (Lipinski definition) is 2. The number of carbonyl (C=O) groups is 1. The first-order chi connectivity index (χ1) is 14.7. The summed E-state index contributed by atoms with van der Waals surface area (Å²) < 4.78 is 53.3. The fraction of sp³-hybridized carbons (Fsp3) is 0.300. The lowest BCUT2D eigenvalue weighted by molar-refractivity contribution is -0.117. The van der Waals surface area contributed by atoms with E-state index < -0.39 is 41.4 Å². The van der Waals surface area contributed by atoms with Gasteiger partial charge in [-0.2, -0.15) is 8.78 Å². The van der Waals surface area contributed by atoms with Gasteiger partial charge in [0.15, 0.2) is 18.8 Å². The van der Waals surface area contributed by atoms with Gasteiger partial charge in [0, 0.05) is 11.3 Å². The van der Waals surface area contributed by atoms with E-state index in [-0.39, 0.29) is 23.9 Å². The Morgan fingerprint density at radius 1 is 1.35 bits per heavy atom. The van der Waals surface area contributed by atoms with E-state index >= 15 is 0 Å². The largest absolute Gasteiger partial charge is 0.463 e. The molecule has 0 saturated heterocycles. The number of anilines is 1. The Bertz CT molecular complexity index is 1080. The molecule has 0 unspecified atom stereocenters. The second-order valence-electron chi connectivity index (χ2n) is 6.62. The summed E-state index contributed by atoms with van der Waals surface area (Å²) in [7, 11) is 0. The molecule has 3 rings (SSSR count). The summed E-state index contributed by atoms with van der Waals surface area (Å²) >= 11 is 0. The lowest BCUT2D eigenvalue weighted by Crippen LogP contribution is -2.51. The molecule has 1 aromatic carbocycles. The lowest BCUT2D eigenvalue weighted by atomic mass is 9.85. The average molecular weight is 433 g/mol. The van der Waals surface area contributed by atoms with Crippen LogP contribution in [0.3, 0.4) is 0 Å². The summed E-state index contributed by atoms with van der Waals surface area (Å²) in [5, 5.41) is 2.47. The van der Waals surface area contributed by atoms with Crippen LogP contribution >= 0.6 is 0 Å². The topological polar surface area (TPSA) is 112 Å². The van der Waals surface area contributed by atoms with Crippen LogP contribution in [0.4, 0.5) is 18.9 Å². The van der Waals surface area contributed by atoms with Crippen molar-refractivity contribution in [3.8, 4) is 17.7 Å².